The first-order valence-corrected chi connectivity index (χ1v) is 6.79. The molecule has 0 amide bonds. The molecule has 0 atom stereocenters. The highest BCUT2D eigenvalue weighted by molar-refractivity contribution is 5.52. The summed E-state index contributed by atoms with van der Waals surface area (Å²) in [5.74, 6) is 0. The van der Waals surface area contributed by atoms with Crippen molar-refractivity contribution in [3.05, 3.63) is 29.8 Å². The fourth-order valence-electron chi connectivity index (χ4n) is 2.05. The van der Waals surface area contributed by atoms with E-state index in [0.29, 0.717) is 0 Å². The van der Waals surface area contributed by atoms with Crippen LogP contribution in [0, 0.1) is 6.92 Å². The van der Waals surface area contributed by atoms with Gasteiger partial charge in [-0.3, -0.25) is 0 Å². The van der Waals surface area contributed by atoms with Gasteiger partial charge in [0.15, 0.2) is 0 Å². The molecule has 0 unspecified atom stereocenters. The molecule has 18 heavy (non-hydrogen) atoms. The van der Waals surface area contributed by atoms with Gasteiger partial charge in [0, 0.05) is 39.0 Å². The Morgan fingerprint density at radius 1 is 1.22 bits per heavy atom. The Morgan fingerprint density at radius 3 is 2.67 bits per heavy atom. The van der Waals surface area contributed by atoms with Crippen LogP contribution in [0.4, 0.5) is 5.69 Å². The van der Waals surface area contributed by atoms with Gasteiger partial charge in [-0.15, -0.1) is 0 Å². The number of anilines is 1. The zero-order valence-corrected chi connectivity index (χ0v) is 11.9. The van der Waals surface area contributed by atoms with E-state index in [2.05, 4.69) is 48.3 Å². The van der Waals surface area contributed by atoms with E-state index in [-0.39, 0.29) is 0 Å². The number of hydrogen-bond donors (Lipinski definition) is 1. The number of nitrogens with zero attached hydrogens (tertiary/aromatic N) is 1. The summed E-state index contributed by atoms with van der Waals surface area (Å²) in [4.78, 5) is 2.42. The number of aryl methyl sites for hydroxylation is 1. The Bertz CT molecular complexity index is 328. The second-order valence-corrected chi connectivity index (χ2v) is 4.46. The molecule has 1 aromatic rings. The second-order valence-electron chi connectivity index (χ2n) is 4.46. The van der Waals surface area contributed by atoms with E-state index in [1.165, 1.54) is 11.3 Å². The van der Waals surface area contributed by atoms with Crippen molar-refractivity contribution < 1.29 is 4.74 Å². The Hall–Kier alpha value is -1.06. The average Bonchev–Trinajstić information content (AvgIpc) is 2.39. The molecular weight excluding hydrogens is 224 g/mol. The second kappa shape index (κ2) is 8.95. The van der Waals surface area contributed by atoms with Gasteiger partial charge in [-0.25, -0.2) is 0 Å². The van der Waals surface area contributed by atoms with Gasteiger partial charge in [0.1, 0.15) is 0 Å². The molecule has 0 saturated carbocycles. The first kappa shape index (κ1) is 15.0. The monoisotopic (exact) mass is 250 g/mol. The summed E-state index contributed by atoms with van der Waals surface area (Å²) in [6, 6.07) is 8.57. The smallest absolute Gasteiger partial charge is 0.0474 e. The zero-order valence-electron chi connectivity index (χ0n) is 11.9. The fraction of sp³-hybridized carbons (Fsp3) is 0.600. The lowest BCUT2D eigenvalue weighted by Gasteiger charge is -2.25. The predicted molar refractivity (Wildman–Crippen MR) is 78.4 cm³/mol. The first-order valence-electron chi connectivity index (χ1n) is 6.79. The van der Waals surface area contributed by atoms with Crippen molar-refractivity contribution in [1.82, 2.24) is 5.32 Å². The maximum absolute atomic E-state index is 5.03. The maximum atomic E-state index is 5.03. The highest BCUT2D eigenvalue weighted by Crippen LogP contribution is 2.18. The summed E-state index contributed by atoms with van der Waals surface area (Å²) in [5.41, 5.74) is 2.69. The van der Waals surface area contributed by atoms with Crippen molar-refractivity contribution in [2.45, 2.75) is 20.3 Å². The summed E-state index contributed by atoms with van der Waals surface area (Å²) >= 11 is 0. The number of hydrogen-bond acceptors (Lipinski definition) is 3. The van der Waals surface area contributed by atoms with Gasteiger partial charge >= 0.3 is 0 Å². The van der Waals surface area contributed by atoms with E-state index in [0.717, 1.165) is 39.2 Å². The van der Waals surface area contributed by atoms with E-state index < -0.39 is 0 Å². The largest absolute Gasteiger partial charge is 0.385 e. The Morgan fingerprint density at radius 2 is 2.00 bits per heavy atom. The number of ether oxygens (including phenoxy) is 1. The molecule has 0 spiro atoms. The molecule has 0 aliphatic rings. The normalized spacial score (nSPS) is 10.6. The number of likely N-dealkylation sites (N-methyl/N-ethyl adjacent to an activating group) is 1. The standard InChI is InChI=1S/C15H26N2O/c1-4-17(12-11-16-10-7-13-18-3)15-9-6-5-8-14(15)2/h5-6,8-9,16H,4,7,10-13H2,1-3H3. The van der Waals surface area contributed by atoms with E-state index in [4.69, 9.17) is 4.74 Å². The van der Waals surface area contributed by atoms with Gasteiger partial charge in [0.25, 0.3) is 0 Å². The minimum Gasteiger partial charge on any atom is -0.385 e. The third-order valence-corrected chi connectivity index (χ3v) is 3.10. The van der Waals surface area contributed by atoms with E-state index in [9.17, 15) is 0 Å². The summed E-state index contributed by atoms with van der Waals surface area (Å²) in [6.45, 7) is 9.35. The quantitative estimate of drug-likeness (QED) is 0.681. The average molecular weight is 250 g/mol. The molecule has 0 heterocycles. The van der Waals surface area contributed by atoms with Crippen molar-refractivity contribution in [3.8, 4) is 0 Å². The van der Waals surface area contributed by atoms with Gasteiger partial charge in [0.05, 0.1) is 0 Å². The van der Waals surface area contributed by atoms with Crippen LogP contribution in [0.25, 0.3) is 0 Å². The Labute approximate surface area is 111 Å². The lowest BCUT2D eigenvalue weighted by molar-refractivity contribution is 0.194. The van der Waals surface area contributed by atoms with E-state index >= 15 is 0 Å². The van der Waals surface area contributed by atoms with E-state index in [1.807, 2.05) is 0 Å². The highest BCUT2D eigenvalue weighted by atomic mass is 16.5. The molecule has 3 heteroatoms. The zero-order chi connectivity index (χ0) is 13.2. The van der Waals surface area contributed by atoms with Crippen LogP contribution in [0.2, 0.25) is 0 Å². The number of methoxy groups -OCH3 is 1. The SMILES string of the molecule is CCN(CCNCCCOC)c1ccccc1C. The summed E-state index contributed by atoms with van der Waals surface area (Å²) < 4.78 is 5.03. The molecular formula is C15H26N2O. The predicted octanol–water partition coefficient (Wildman–Crippen LogP) is 2.45. The molecule has 0 fully saturated rings. The summed E-state index contributed by atoms with van der Waals surface area (Å²) in [7, 11) is 1.75. The van der Waals surface area contributed by atoms with Crippen LogP contribution in [0.5, 0.6) is 0 Å². The molecule has 1 N–H and O–H groups in total. The Balaban J connectivity index is 2.32. The van der Waals surface area contributed by atoms with Crippen molar-refractivity contribution in [2.75, 3.05) is 44.8 Å². The molecule has 0 aliphatic heterocycles. The molecule has 1 aromatic carbocycles. The van der Waals surface area contributed by atoms with Crippen LogP contribution in [-0.2, 0) is 4.74 Å². The third-order valence-electron chi connectivity index (χ3n) is 3.10. The van der Waals surface area contributed by atoms with Crippen LogP contribution in [0.1, 0.15) is 18.9 Å². The third kappa shape index (κ3) is 5.07. The molecule has 0 bridgehead atoms. The maximum Gasteiger partial charge on any atom is 0.0474 e. The molecule has 0 radical (unpaired) electrons. The fourth-order valence-corrected chi connectivity index (χ4v) is 2.05. The topological polar surface area (TPSA) is 24.5 Å². The summed E-state index contributed by atoms with van der Waals surface area (Å²) in [5, 5.41) is 3.45. The van der Waals surface area contributed by atoms with Gasteiger partial charge in [-0.2, -0.15) is 0 Å². The van der Waals surface area contributed by atoms with Gasteiger partial charge < -0.3 is 15.0 Å². The Kier molecular flexibility index (Phi) is 7.46. The van der Waals surface area contributed by atoms with Crippen LogP contribution in [0.3, 0.4) is 0 Å². The van der Waals surface area contributed by atoms with Crippen molar-refractivity contribution >= 4 is 5.69 Å². The number of rotatable bonds is 9. The molecule has 1 rings (SSSR count). The van der Waals surface area contributed by atoms with Gasteiger partial charge in [-0.05, 0) is 38.4 Å². The summed E-state index contributed by atoms with van der Waals surface area (Å²) in [6.07, 6.45) is 1.08. The number of benzene rings is 1. The van der Waals surface area contributed by atoms with Gasteiger partial charge in [-0.1, -0.05) is 18.2 Å². The lowest BCUT2D eigenvalue weighted by atomic mass is 10.2. The van der Waals surface area contributed by atoms with E-state index in [1.54, 1.807) is 7.11 Å². The molecule has 3 nitrogen and oxygen atoms in total. The van der Waals surface area contributed by atoms with Crippen molar-refractivity contribution in [2.24, 2.45) is 0 Å². The lowest BCUT2D eigenvalue weighted by Crippen LogP contribution is -2.33. The first-order chi connectivity index (χ1) is 8.79. The molecule has 0 aliphatic carbocycles. The molecule has 0 aromatic heterocycles. The number of para-hydroxylation sites is 1. The highest BCUT2D eigenvalue weighted by Gasteiger charge is 2.05. The molecule has 0 saturated heterocycles. The van der Waals surface area contributed by atoms with Crippen molar-refractivity contribution in [3.63, 3.8) is 0 Å². The van der Waals surface area contributed by atoms with Gasteiger partial charge in [0.2, 0.25) is 0 Å². The van der Waals surface area contributed by atoms with Crippen molar-refractivity contribution in [1.29, 1.82) is 0 Å². The van der Waals surface area contributed by atoms with Crippen LogP contribution >= 0.6 is 0 Å². The number of nitrogens with one attached hydrogen (secondary N) is 1. The van der Waals surface area contributed by atoms with Crippen LogP contribution in [-0.4, -0.2) is 39.9 Å². The minimum absolute atomic E-state index is 0.836. The molecule has 102 valence electrons. The van der Waals surface area contributed by atoms with Crippen LogP contribution < -0.4 is 10.2 Å². The minimum atomic E-state index is 0.836. The van der Waals surface area contributed by atoms with Crippen LogP contribution in [0.15, 0.2) is 24.3 Å².